The van der Waals surface area contributed by atoms with Crippen LogP contribution < -0.4 is 4.74 Å². The summed E-state index contributed by atoms with van der Waals surface area (Å²) in [6.45, 7) is 5.41. The number of rotatable bonds is 4. The van der Waals surface area contributed by atoms with Crippen molar-refractivity contribution in [3.05, 3.63) is 35.6 Å². The minimum atomic E-state index is -0.583. The summed E-state index contributed by atoms with van der Waals surface area (Å²) < 4.78 is 23.2. The van der Waals surface area contributed by atoms with Gasteiger partial charge < -0.3 is 14.7 Å². The van der Waals surface area contributed by atoms with Gasteiger partial charge in [0.25, 0.3) is 0 Å². The van der Waals surface area contributed by atoms with E-state index in [1.54, 1.807) is 13.0 Å². The predicted octanol–water partition coefficient (Wildman–Crippen LogP) is 2.81. The van der Waals surface area contributed by atoms with E-state index in [4.69, 9.17) is 4.74 Å². The molecule has 1 heterocycles. The number of ether oxygens (including phenoxy) is 2. The minimum absolute atomic E-state index is 0.00660. The lowest BCUT2D eigenvalue weighted by molar-refractivity contribution is -0.143. The van der Waals surface area contributed by atoms with Crippen molar-refractivity contribution in [2.45, 2.75) is 20.8 Å². The van der Waals surface area contributed by atoms with Crippen LogP contribution in [0.2, 0.25) is 0 Å². The number of benzene rings is 1. The van der Waals surface area contributed by atoms with Crippen LogP contribution in [0.4, 0.5) is 4.39 Å². The SMILES string of the molecule is CC.COC(=O)COc1cc(-c2ccc(C)cc2F)n(O)n1. The van der Waals surface area contributed by atoms with Crippen molar-refractivity contribution in [1.82, 2.24) is 9.94 Å². The van der Waals surface area contributed by atoms with E-state index < -0.39 is 11.8 Å². The number of methoxy groups -OCH3 is 1. The topological polar surface area (TPSA) is 73.6 Å². The molecule has 120 valence electrons. The van der Waals surface area contributed by atoms with Crippen LogP contribution in [0.5, 0.6) is 5.88 Å². The van der Waals surface area contributed by atoms with Crippen LogP contribution in [0.15, 0.2) is 24.3 Å². The zero-order chi connectivity index (χ0) is 16.7. The minimum Gasteiger partial charge on any atom is -0.466 e. The van der Waals surface area contributed by atoms with Gasteiger partial charge >= 0.3 is 5.97 Å². The second-order valence-corrected chi connectivity index (χ2v) is 4.11. The Kier molecular flexibility index (Phi) is 6.37. The van der Waals surface area contributed by atoms with Crippen molar-refractivity contribution in [2.24, 2.45) is 0 Å². The lowest BCUT2D eigenvalue weighted by atomic mass is 10.1. The first-order chi connectivity index (χ1) is 10.5. The third-order valence-corrected chi connectivity index (χ3v) is 2.64. The molecule has 0 saturated carbocycles. The van der Waals surface area contributed by atoms with Gasteiger partial charge in [0.1, 0.15) is 11.5 Å². The van der Waals surface area contributed by atoms with Gasteiger partial charge in [0.15, 0.2) is 6.61 Å². The Balaban J connectivity index is 0.00000116. The van der Waals surface area contributed by atoms with Crippen molar-refractivity contribution in [3.8, 4) is 17.1 Å². The third kappa shape index (κ3) is 4.21. The average Bonchev–Trinajstić information content (AvgIpc) is 2.88. The number of nitrogens with zero attached hydrogens (tertiary/aromatic N) is 2. The van der Waals surface area contributed by atoms with Crippen molar-refractivity contribution < 1.29 is 23.9 Å². The summed E-state index contributed by atoms with van der Waals surface area (Å²) in [4.78, 5) is 11.4. The lowest BCUT2D eigenvalue weighted by Crippen LogP contribution is -2.12. The van der Waals surface area contributed by atoms with Crippen LogP contribution in [-0.2, 0) is 9.53 Å². The first kappa shape index (κ1) is 17.5. The Morgan fingerprint density at radius 3 is 2.64 bits per heavy atom. The van der Waals surface area contributed by atoms with Gasteiger partial charge in [-0.2, -0.15) is 0 Å². The van der Waals surface area contributed by atoms with Crippen molar-refractivity contribution in [1.29, 1.82) is 0 Å². The Labute approximate surface area is 128 Å². The summed E-state index contributed by atoms with van der Waals surface area (Å²) in [5, 5.41) is 13.3. The number of aromatic nitrogens is 2. The fourth-order valence-corrected chi connectivity index (χ4v) is 1.63. The number of hydrogen-bond donors (Lipinski definition) is 1. The maximum absolute atomic E-state index is 13.8. The van der Waals surface area contributed by atoms with Crippen LogP contribution in [-0.4, -0.2) is 34.8 Å². The van der Waals surface area contributed by atoms with E-state index in [1.165, 1.54) is 25.3 Å². The molecule has 1 N–H and O–H groups in total. The number of carbonyl (C=O) groups is 1. The molecule has 0 spiro atoms. The van der Waals surface area contributed by atoms with Gasteiger partial charge in [-0.15, -0.1) is 0 Å². The summed E-state index contributed by atoms with van der Waals surface area (Å²) in [5.74, 6) is -1.08. The van der Waals surface area contributed by atoms with E-state index >= 15 is 0 Å². The maximum Gasteiger partial charge on any atom is 0.343 e. The summed E-state index contributed by atoms with van der Waals surface area (Å²) in [7, 11) is 1.23. The number of aryl methyl sites for hydroxylation is 1. The molecule has 0 bridgehead atoms. The first-order valence-corrected chi connectivity index (χ1v) is 6.76. The molecule has 0 aliphatic rings. The van der Waals surface area contributed by atoms with Crippen molar-refractivity contribution >= 4 is 5.97 Å². The van der Waals surface area contributed by atoms with Gasteiger partial charge in [-0.3, -0.25) is 0 Å². The van der Waals surface area contributed by atoms with Crippen LogP contribution in [0, 0.1) is 12.7 Å². The molecule has 7 heteroatoms. The van der Waals surface area contributed by atoms with E-state index in [0.717, 1.165) is 5.56 Å². The number of hydrogen-bond acceptors (Lipinski definition) is 5. The number of esters is 1. The maximum atomic E-state index is 13.8. The van der Waals surface area contributed by atoms with Crippen molar-refractivity contribution in [3.63, 3.8) is 0 Å². The third-order valence-electron chi connectivity index (χ3n) is 2.64. The molecule has 0 aliphatic heterocycles. The summed E-state index contributed by atoms with van der Waals surface area (Å²) in [5.41, 5.74) is 1.07. The fourth-order valence-electron chi connectivity index (χ4n) is 1.63. The standard InChI is InChI=1S/C13H13FN2O4.C2H6/c1-8-3-4-9(10(14)5-8)11-6-12(15-16(11)18)20-7-13(17)19-2;1-2/h3-6,18H,7H2,1-2H3;1-2H3. The van der Waals surface area contributed by atoms with E-state index in [1.807, 2.05) is 13.8 Å². The summed E-state index contributed by atoms with van der Waals surface area (Å²) in [6, 6.07) is 5.91. The monoisotopic (exact) mass is 310 g/mol. The zero-order valence-corrected chi connectivity index (χ0v) is 13.0. The van der Waals surface area contributed by atoms with Crippen LogP contribution in [0.3, 0.4) is 0 Å². The van der Waals surface area contributed by atoms with Gasteiger partial charge in [-0.1, -0.05) is 29.9 Å². The number of halogens is 1. The lowest BCUT2D eigenvalue weighted by Gasteiger charge is -2.02. The van der Waals surface area contributed by atoms with Crippen molar-refractivity contribution in [2.75, 3.05) is 13.7 Å². The quantitative estimate of drug-likeness (QED) is 0.694. The van der Waals surface area contributed by atoms with E-state index in [2.05, 4.69) is 9.84 Å². The molecule has 6 nitrogen and oxygen atoms in total. The Morgan fingerprint density at radius 1 is 1.36 bits per heavy atom. The molecule has 1 aromatic carbocycles. The van der Waals surface area contributed by atoms with Crippen LogP contribution in [0.25, 0.3) is 11.3 Å². The molecule has 2 rings (SSSR count). The molecule has 2 aromatic rings. The fraction of sp³-hybridized carbons (Fsp3) is 0.333. The van der Waals surface area contributed by atoms with E-state index in [0.29, 0.717) is 4.85 Å². The predicted molar refractivity (Wildman–Crippen MR) is 78.4 cm³/mol. The Bertz CT molecular complexity index is 640. The zero-order valence-electron chi connectivity index (χ0n) is 13.0. The smallest absolute Gasteiger partial charge is 0.343 e. The Hall–Kier alpha value is -2.57. The first-order valence-electron chi connectivity index (χ1n) is 6.76. The molecular formula is C15H19FN2O4. The molecular weight excluding hydrogens is 291 g/mol. The molecule has 0 fully saturated rings. The normalized spacial score (nSPS) is 9.68. The van der Waals surface area contributed by atoms with Crippen LogP contribution in [0.1, 0.15) is 19.4 Å². The molecule has 1 aromatic heterocycles. The molecule has 0 unspecified atom stereocenters. The summed E-state index contributed by atoms with van der Waals surface area (Å²) >= 11 is 0. The Morgan fingerprint density at radius 2 is 2.05 bits per heavy atom. The largest absolute Gasteiger partial charge is 0.466 e. The second-order valence-electron chi connectivity index (χ2n) is 4.11. The van der Waals surface area contributed by atoms with Gasteiger partial charge in [0.2, 0.25) is 5.88 Å². The van der Waals surface area contributed by atoms with Gasteiger partial charge in [0, 0.05) is 11.6 Å². The van der Waals surface area contributed by atoms with Crippen LogP contribution >= 0.6 is 0 Å². The molecule has 0 saturated heterocycles. The molecule has 0 radical (unpaired) electrons. The highest BCUT2D eigenvalue weighted by molar-refractivity contribution is 5.71. The van der Waals surface area contributed by atoms with E-state index in [9.17, 15) is 14.4 Å². The molecule has 0 amide bonds. The average molecular weight is 310 g/mol. The highest BCUT2D eigenvalue weighted by atomic mass is 19.1. The molecule has 0 aliphatic carbocycles. The molecule has 0 atom stereocenters. The van der Waals surface area contributed by atoms with Gasteiger partial charge in [-0.05, 0) is 24.6 Å². The highest BCUT2D eigenvalue weighted by Crippen LogP contribution is 2.26. The highest BCUT2D eigenvalue weighted by Gasteiger charge is 2.15. The van der Waals surface area contributed by atoms with Gasteiger partial charge in [0.05, 0.1) is 7.11 Å². The second kappa shape index (κ2) is 8.02. The number of carbonyl (C=O) groups excluding carboxylic acids is 1. The van der Waals surface area contributed by atoms with E-state index in [-0.39, 0.29) is 23.7 Å². The molecule has 22 heavy (non-hydrogen) atoms. The van der Waals surface area contributed by atoms with Gasteiger partial charge in [-0.25, -0.2) is 9.18 Å². The summed E-state index contributed by atoms with van der Waals surface area (Å²) in [6.07, 6.45) is 0.